The summed E-state index contributed by atoms with van der Waals surface area (Å²) >= 11 is 2.11. The van der Waals surface area contributed by atoms with Crippen molar-refractivity contribution in [1.29, 1.82) is 0 Å². The Bertz CT molecular complexity index is 279. The van der Waals surface area contributed by atoms with Gasteiger partial charge in [0.25, 0.3) is 0 Å². The van der Waals surface area contributed by atoms with Crippen LogP contribution < -0.4 is 5.73 Å². The second-order valence-corrected chi connectivity index (χ2v) is 4.57. The number of rotatable bonds is 2. The van der Waals surface area contributed by atoms with Gasteiger partial charge in [0.2, 0.25) is 0 Å². The van der Waals surface area contributed by atoms with E-state index in [0.29, 0.717) is 5.56 Å². The van der Waals surface area contributed by atoms with E-state index in [4.69, 9.17) is 5.73 Å². The van der Waals surface area contributed by atoms with Crippen LogP contribution in [0.4, 0.5) is 4.39 Å². The Morgan fingerprint density at radius 2 is 2.00 bits per heavy atom. The van der Waals surface area contributed by atoms with Crippen molar-refractivity contribution < 1.29 is 4.39 Å². The molecule has 0 aromatic heterocycles. The predicted molar refractivity (Wildman–Crippen MR) is 60.9 cm³/mol. The molecule has 0 aliphatic heterocycles. The van der Waals surface area contributed by atoms with Crippen LogP contribution in [0.1, 0.15) is 25.5 Å². The summed E-state index contributed by atoms with van der Waals surface area (Å²) in [7, 11) is 0. The zero-order valence-corrected chi connectivity index (χ0v) is 9.88. The first-order valence-electron chi connectivity index (χ1n) is 4.23. The predicted octanol–water partition coefficient (Wildman–Crippen LogP) is 3.09. The highest BCUT2D eigenvalue weighted by Crippen LogP contribution is 2.26. The topological polar surface area (TPSA) is 26.0 Å². The molecular formula is C10H13FIN. The van der Waals surface area contributed by atoms with Crippen LogP contribution in [-0.2, 0) is 0 Å². The monoisotopic (exact) mass is 293 g/mol. The highest BCUT2D eigenvalue weighted by Gasteiger charge is 2.17. The Balaban J connectivity index is 3.12. The van der Waals surface area contributed by atoms with Gasteiger partial charge in [-0.3, -0.25) is 0 Å². The maximum absolute atomic E-state index is 13.4. The molecule has 0 fully saturated rings. The minimum absolute atomic E-state index is 0.201. The molecule has 0 amide bonds. The molecule has 1 atom stereocenters. The Morgan fingerprint density at radius 3 is 2.46 bits per heavy atom. The second kappa shape index (κ2) is 4.37. The second-order valence-electron chi connectivity index (χ2n) is 3.41. The number of hydrogen-bond acceptors (Lipinski definition) is 1. The fourth-order valence-electron chi connectivity index (χ4n) is 1.16. The van der Waals surface area contributed by atoms with Crippen LogP contribution in [0.3, 0.4) is 0 Å². The summed E-state index contributed by atoms with van der Waals surface area (Å²) in [4.78, 5) is 0. The van der Waals surface area contributed by atoms with Gasteiger partial charge >= 0.3 is 0 Å². The van der Waals surface area contributed by atoms with E-state index in [1.54, 1.807) is 6.07 Å². The van der Waals surface area contributed by atoms with Gasteiger partial charge in [0.05, 0.1) is 0 Å². The van der Waals surface area contributed by atoms with Gasteiger partial charge in [-0.2, -0.15) is 0 Å². The van der Waals surface area contributed by atoms with Crippen LogP contribution in [0.5, 0.6) is 0 Å². The number of hydrogen-bond donors (Lipinski definition) is 1. The lowest BCUT2D eigenvalue weighted by Crippen LogP contribution is -2.19. The standard InChI is InChI=1S/C10H13FIN/c1-6(2)10(13)9-7(11)4-3-5-8(9)12/h3-6,10H,13H2,1-2H3/t10-/m1/s1. The summed E-state index contributed by atoms with van der Waals surface area (Å²) in [6.45, 7) is 3.99. The van der Waals surface area contributed by atoms with Gasteiger partial charge in [0.1, 0.15) is 5.82 Å². The van der Waals surface area contributed by atoms with Crippen molar-refractivity contribution in [3.8, 4) is 0 Å². The van der Waals surface area contributed by atoms with Crippen molar-refractivity contribution >= 4 is 22.6 Å². The zero-order valence-electron chi connectivity index (χ0n) is 7.72. The highest BCUT2D eigenvalue weighted by atomic mass is 127. The normalized spacial score (nSPS) is 13.4. The fourth-order valence-corrected chi connectivity index (χ4v) is 1.99. The van der Waals surface area contributed by atoms with Gasteiger partial charge in [0.15, 0.2) is 0 Å². The van der Waals surface area contributed by atoms with Crippen molar-refractivity contribution in [2.24, 2.45) is 11.7 Å². The van der Waals surface area contributed by atoms with Gasteiger partial charge in [-0.05, 0) is 40.6 Å². The van der Waals surface area contributed by atoms with Gasteiger partial charge in [-0.25, -0.2) is 4.39 Å². The lowest BCUT2D eigenvalue weighted by molar-refractivity contribution is 0.482. The first-order chi connectivity index (χ1) is 6.04. The van der Waals surface area contributed by atoms with E-state index in [9.17, 15) is 4.39 Å². The summed E-state index contributed by atoms with van der Waals surface area (Å²) in [5.41, 5.74) is 6.53. The lowest BCUT2D eigenvalue weighted by Gasteiger charge is -2.18. The smallest absolute Gasteiger partial charge is 0.129 e. The molecule has 2 N–H and O–H groups in total. The Morgan fingerprint density at radius 1 is 1.38 bits per heavy atom. The largest absolute Gasteiger partial charge is 0.324 e. The third-order valence-electron chi connectivity index (χ3n) is 2.05. The lowest BCUT2D eigenvalue weighted by atomic mass is 9.97. The molecule has 1 aromatic carbocycles. The molecule has 0 bridgehead atoms. The third-order valence-corrected chi connectivity index (χ3v) is 2.99. The molecule has 0 saturated carbocycles. The quantitative estimate of drug-likeness (QED) is 0.833. The van der Waals surface area contributed by atoms with Crippen LogP contribution in [0.15, 0.2) is 18.2 Å². The molecular weight excluding hydrogens is 280 g/mol. The average molecular weight is 293 g/mol. The average Bonchev–Trinajstić information content (AvgIpc) is 2.03. The number of halogens is 2. The molecule has 72 valence electrons. The molecule has 0 spiro atoms. The summed E-state index contributed by atoms with van der Waals surface area (Å²) in [6.07, 6.45) is 0. The summed E-state index contributed by atoms with van der Waals surface area (Å²) in [5, 5.41) is 0. The van der Waals surface area contributed by atoms with E-state index in [0.717, 1.165) is 3.57 Å². The van der Waals surface area contributed by atoms with Crippen LogP contribution in [0.25, 0.3) is 0 Å². The zero-order chi connectivity index (χ0) is 10.0. The van der Waals surface area contributed by atoms with Crippen molar-refractivity contribution in [3.05, 3.63) is 33.1 Å². The molecule has 0 heterocycles. The third kappa shape index (κ3) is 2.40. The van der Waals surface area contributed by atoms with Crippen molar-refractivity contribution in [2.45, 2.75) is 19.9 Å². The van der Waals surface area contributed by atoms with Gasteiger partial charge < -0.3 is 5.73 Å². The first-order valence-corrected chi connectivity index (χ1v) is 5.31. The molecule has 0 saturated heterocycles. The minimum atomic E-state index is -0.215. The minimum Gasteiger partial charge on any atom is -0.324 e. The number of nitrogens with two attached hydrogens (primary N) is 1. The first kappa shape index (κ1) is 10.9. The molecule has 1 aromatic rings. The Kier molecular flexibility index (Phi) is 3.67. The van der Waals surface area contributed by atoms with Crippen LogP contribution in [-0.4, -0.2) is 0 Å². The molecule has 13 heavy (non-hydrogen) atoms. The molecule has 3 heteroatoms. The van der Waals surface area contributed by atoms with Crippen molar-refractivity contribution in [1.82, 2.24) is 0 Å². The molecule has 0 aliphatic carbocycles. The SMILES string of the molecule is CC(C)[C@@H](N)c1c(F)cccc1I. The summed E-state index contributed by atoms with van der Waals surface area (Å²) < 4.78 is 14.3. The Hall–Kier alpha value is -0.160. The van der Waals surface area contributed by atoms with Crippen LogP contribution >= 0.6 is 22.6 Å². The molecule has 0 aliphatic rings. The summed E-state index contributed by atoms with van der Waals surface area (Å²) in [5.74, 6) is 0.0542. The highest BCUT2D eigenvalue weighted by molar-refractivity contribution is 14.1. The van der Waals surface area contributed by atoms with Crippen LogP contribution in [0.2, 0.25) is 0 Å². The maximum atomic E-state index is 13.4. The van der Waals surface area contributed by atoms with E-state index in [-0.39, 0.29) is 17.8 Å². The van der Waals surface area contributed by atoms with Gasteiger partial charge in [0, 0.05) is 15.2 Å². The van der Waals surface area contributed by atoms with E-state index in [2.05, 4.69) is 22.6 Å². The van der Waals surface area contributed by atoms with Gasteiger partial charge in [-0.15, -0.1) is 0 Å². The molecule has 0 unspecified atom stereocenters. The number of benzene rings is 1. The van der Waals surface area contributed by atoms with E-state index < -0.39 is 0 Å². The maximum Gasteiger partial charge on any atom is 0.129 e. The summed E-state index contributed by atoms with van der Waals surface area (Å²) in [6, 6.07) is 4.82. The van der Waals surface area contributed by atoms with E-state index in [1.807, 2.05) is 19.9 Å². The molecule has 0 radical (unpaired) electrons. The van der Waals surface area contributed by atoms with Crippen LogP contribution in [0, 0.1) is 15.3 Å². The fraction of sp³-hybridized carbons (Fsp3) is 0.400. The Labute approximate surface area is 91.7 Å². The van der Waals surface area contributed by atoms with E-state index >= 15 is 0 Å². The van der Waals surface area contributed by atoms with Gasteiger partial charge in [-0.1, -0.05) is 19.9 Å². The molecule has 1 rings (SSSR count). The van der Waals surface area contributed by atoms with E-state index in [1.165, 1.54) is 6.07 Å². The van der Waals surface area contributed by atoms with Crippen molar-refractivity contribution in [3.63, 3.8) is 0 Å². The van der Waals surface area contributed by atoms with Crippen molar-refractivity contribution in [2.75, 3.05) is 0 Å². The molecule has 1 nitrogen and oxygen atoms in total.